The molecule has 0 aromatic heterocycles. The van der Waals surface area contributed by atoms with Gasteiger partial charge >= 0.3 is 0 Å². The van der Waals surface area contributed by atoms with E-state index in [0.29, 0.717) is 13.0 Å². The van der Waals surface area contributed by atoms with Crippen LogP contribution in [0.25, 0.3) is 0 Å². The summed E-state index contributed by atoms with van der Waals surface area (Å²) < 4.78 is 0. The Hall–Kier alpha value is -1.55. The lowest BCUT2D eigenvalue weighted by atomic mass is 10.1. The van der Waals surface area contributed by atoms with Crippen molar-refractivity contribution in [3.63, 3.8) is 0 Å². The second kappa shape index (κ2) is 6.91. The molecule has 0 aliphatic rings. The number of phenolic OH excluding ortho intramolecular Hbond substituents is 1. The van der Waals surface area contributed by atoms with Crippen molar-refractivity contribution in [3.8, 4) is 5.75 Å². The molecule has 0 heterocycles. The van der Waals surface area contributed by atoms with E-state index < -0.39 is 0 Å². The van der Waals surface area contributed by atoms with Crippen molar-refractivity contribution in [1.29, 1.82) is 0 Å². The van der Waals surface area contributed by atoms with E-state index in [9.17, 15) is 9.90 Å². The van der Waals surface area contributed by atoms with Crippen LogP contribution in [0.2, 0.25) is 0 Å². The number of amides is 1. The third kappa shape index (κ3) is 4.87. The summed E-state index contributed by atoms with van der Waals surface area (Å²) in [6.07, 6.45) is 0.469. The lowest BCUT2D eigenvalue weighted by Gasteiger charge is -2.14. The van der Waals surface area contributed by atoms with Crippen LogP contribution in [0.5, 0.6) is 5.75 Å². The summed E-state index contributed by atoms with van der Waals surface area (Å²) in [7, 11) is 0. The topological polar surface area (TPSA) is 61.4 Å². The highest BCUT2D eigenvalue weighted by molar-refractivity contribution is 5.76. The van der Waals surface area contributed by atoms with Gasteiger partial charge in [0.15, 0.2) is 0 Å². The lowest BCUT2D eigenvalue weighted by molar-refractivity contribution is -0.121. The van der Waals surface area contributed by atoms with Gasteiger partial charge in [-0.1, -0.05) is 19.1 Å². The monoisotopic (exact) mass is 236 g/mol. The van der Waals surface area contributed by atoms with Crippen molar-refractivity contribution < 1.29 is 9.90 Å². The Labute approximate surface area is 102 Å². The number of benzene rings is 1. The number of carbonyl (C=O) groups excluding carboxylic acids is 1. The summed E-state index contributed by atoms with van der Waals surface area (Å²) in [5.74, 6) is 0.234. The summed E-state index contributed by atoms with van der Waals surface area (Å²) in [6, 6.07) is 6.84. The van der Waals surface area contributed by atoms with E-state index in [0.717, 1.165) is 12.1 Å². The summed E-state index contributed by atoms with van der Waals surface area (Å²) in [6.45, 7) is 5.47. The fraction of sp³-hybridized carbons (Fsp3) is 0.462. The van der Waals surface area contributed by atoms with Crippen LogP contribution >= 0.6 is 0 Å². The Kier molecular flexibility index (Phi) is 5.49. The van der Waals surface area contributed by atoms with E-state index >= 15 is 0 Å². The van der Waals surface area contributed by atoms with Crippen molar-refractivity contribution >= 4 is 5.91 Å². The third-order valence-electron chi connectivity index (χ3n) is 2.53. The molecule has 4 heteroatoms. The highest BCUT2D eigenvalue weighted by Gasteiger charge is 2.09. The van der Waals surface area contributed by atoms with Gasteiger partial charge in [-0.2, -0.15) is 0 Å². The molecule has 0 saturated carbocycles. The van der Waals surface area contributed by atoms with E-state index in [1.54, 1.807) is 18.2 Å². The van der Waals surface area contributed by atoms with E-state index in [4.69, 9.17) is 0 Å². The molecule has 0 spiro atoms. The van der Waals surface area contributed by atoms with Crippen LogP contribution in [0.1, 0.15) is 31.9 Å². The molecule has 1 rings (SSSR count). The normalized spacial score (nSPS) is 12.1. The number of aromatic hydroxyl groups is 1. The number of phenols is 1. The predicted molar refractivity (Wildman–Crippen MR) is 67.8 cm³/mol. The van der Waals surface area contributed by atoms with Gasteiger partial charge in [0.25, 0.3) is 0 Å². The maximum atomic E-state index is 11.6. The first-order valence-corrected chi connectivity index (χ1v) is 5.92. The van der Waals surface area contributed by atoms with Gasteiger partial charge in [-0.15, -0.1) is 0 Å². The Balaban J connectivity index is 2.43. The smallest absolute Gasteiger partial charge is 0.221 e. The molecule has 0 aliphatic heterocycles. The summed E-state index contributed by atoms with van der Waals surface area (Å²) in [4.78, 5) is 11.6. The quantitative estimate of drug-likeness (QED) is 0.657. The molecule has 1 aromatic carbocycles. The standard InChI is InChI=1S/C13H20N2O2/c1-3-14-8-7-13(17)15-10(2)11-5-4-6-12(16)9-11/h4-6,9-10,14,16H,3,7-8H2,1-2H3,(H,15,17). The maximum Gasteiger partial charge on any atom is 0.221 e. The van der Waals surface area contributed by atoms with Crippen molar-refractivity contribution in [2.45, 2.75) is 26.3 Å². The molecule has 1 unspecified atom stereocenters. The molecule has 0 saturated heterocycles. The molecular formula is C13H20N2O2. The number of nitrogens with one attached hydrogen (secondary N) is 2. The van der Waals surface area contributed by atoms with Crippen molar-refractivity contribution in [3.05, 3.63) is 29.8 Å². The predicted octanol–water partition coefficient (Wildman–Crippen LogP) is 1.57. The molecule has 1 atom stereocenters. The van der Waals surface area contributed by atoms with Crippen LogP contribution in [-0.4, -0.2) is 24.1 Å². The minimum absolute atomic E-state index is 0.0155. The number of carbonyl (C=O) groups is 1. The van der Waals surface area contributed by atoms with Crippen LogP contribution in [0.4, 0.5) is 0 Å². The Bertz CT molecular complexity index is 366. The lowest BCUT2D eigenvalue weighted by Crippen LogP contribution is -2.29. The third-order valence-corrected chi connectivity index (χ3v) is 2.53. The zero-order valence-corrected chi connectivity index (χ0v) is 10.4. The van der Waals surface area contributed by atoms with E-state index in [2.05, 4.69) is 10.6 Å². The first kappa shape index (κ1) is 13.5. The van der Waals surface area contributed by atoms with Crippen LogP contribution in [0, 0.1) is 0 Å². The molecule has 0 radical (unpaired) electrons. The van der Waals surface area contributed by atoms with Gasteiger partial charge in [-0.25, -0.2) is 0 Å². The zero-order chi connectivity index (χ0) is 12.7. The summed E-state index contributed by atoms with van der Waals surface area (Å²) in [5.41, 5.74) is 0.904. The molecule has 17 heavy (non-hydrogen) atoms. The van der Waals surface area contributed by atoms with Crippen LogP contribution in [-0.2, 0) is 4.79 Å². The Morgan fingerprint density at radius 3 is 2.88 bits per heavy atom. The Morgan fingerprint density at radius 2 is 2.24 bits per heavy atom. The molecule has 3 N–H and O–H groups in total. The first-order valence-electron chi connectivity index (χ1n) is 5.92. The minimum atomic E-state index is -0.0868. The second-order valence-corrected chi connectivity index (χ2v) is 3.99. The van der Waals surface area contributed by atoms with Gasteiger partial charge in [-0.05, 0) is 31.2 Å². The Morgan fingerprint density at radius 1 is 1.47 bits per heavy atom. The van der Waals surface area contributed by atoms with Gasteiger partial charge in [0.1, 0.15) is 5.75 Å². The average Bonchev–Trinajstić information content (AvgIpc) is 2.29. The fourth-order valence-corrected chi connectivity index (χ4v) is 1.57. The highest BCUT2D eigenvalue weighted by atomic mass is 16.3. The van der Waals surface area contributed by atoms with Gasteiger partial charge < -0.3 is 15.7 Å². The first-order chi connectivity index (χ1) is 8.13. The van der Waals surface area contributed by atoms with Crippen LogP contribution in [0.3, 0.4) is 0 Å². The SMILES string of the molecule is CCNCCC(=O)NC(C)c1cccc(O)c1. The van der Waals surface area contributed by atoms with Gasteiger partial charge in [0.2, 0.25) is 5.91 Å². The zero-order valence-electron chi connectivity index (χ0n) is 10.4. The summed E-state index contributed by atoms with van der Waals surface area (Å²) >= 11 is 0. The molecule has 1 amide bonds. The maximum absolute atomic E-state index is 11.6. The minimum Gasteiger partial charge on any atom is -0.508 e. The number of hydrogen-bond acceptors (Lipinski definition) is 3. The van der Waals surface area contributed by atoms with Crippen molar-refractivity contribution in [2.75, 3.05) is 13.1 Å². The molecule has 0 aliphatic carbocycles. The molecule has 0 bridgehead atoms. The molecular weight excluding hydrogens is 216 g/mol. The number of rotatable bonds is 6. The number of hydrogen-bond donors (Lipinski definition) is 3. The average molecular weight is 236 g/mol. The molecule has 94 valence electrons. The highest BCUT2D eigenvalue weighted by Crippen LogP contribution is 2.17. The fourth-order valence-electron chi connectivity index (χ4n) is 1.57. The van der Waals surface area contributed by atoms with Crippen LogP contribution in [0.15, 0.2) is 24.3 Å². The van der Waals surface area contributed by atoms with Gasteiger partial charge in [0, 0.05) is 13.0 Å². The van der Waals surface area contributed by atoms with Crippen molar-refractivity contribution in [2.24, 2.45) is 0 Å². The molecule has 4 nitrogen and oxygen atoms in total. The summed E-state index contributed by atoms with van der Waals surface area (Å²) in [5, 5.41) is 15.3. The van der Waals surface area contributed by atoms with Gasteiger partial charge in [0.05, 0.1) is 6.04 Å². The molecule has 0 fully saturated rings. The van der Waals surface area contributed by atoms with E-state index in [1.165, 1.54) is 0 Å². The largest absolute Gasteiger partial charge is 0.508 e. The van der Waals surface area contributed by atoms with Crippen molar-refractivity contribution in [1.82, 2.24) is 10.6 Å². The van der Waals surface area contributed by atoms with E-state index in [1.807, 2.05) is 19.9 Å². The van der Waals surface area contributed by atoms with E-state index in [-0.39, 0.29) is 17.7 Å². The molecule has 1 aromatic rings. The second-order valence-electron chi connectivity index (χ2n) is 3.99. The van der Waals surface area contributed by atoms with Crippen LogP contribution < -0.4 is 10.6 Å². The van der Waals surface area contributed by atoms with Gasteiger partial charge in [-0.3, -0.25) is 4.79 Å².